The van der Waals surface area contributed by atoms with Gasteiger partial charge in [-0.1, -0.05) is 0 Å². The molecule has 0 fully saturated rings. The van der Waals surface area contributed by atoms with Crippen LogP contribution in [0.15, 0.2) is 61.1 Å². The van der Waals surface area contributed by atoms with E-state index in [0.29, 0.717) is 28.5 Å². The van der Waals surface area contributed by atoms with Crippen molar-refractivity contribution in [2.75, 3.05) is 34.0 Å². The van der Waals surface area contributed by atoms with E-state index in [1.54, 1.807) is 30.5 Å². The normalized spacial score (nSPS) is 10.7. The highest BCUT2D eigenvalue weighted by Crippen LogP contribution is 2.29. The number of aromatic nitrogens is 3. The lowest BCUT2D eigenvalue weighted by Gasteiger charge is -2.12. The highest BCUT2D eigenvalue weighted by molar-refractivity contribution is 6.01. The number of hydrogen-bond donors (Lipinski definition) is 2. The molecular weight excluding hydrogens is 452 g/mol. The Morgan fingerprint density at radius 3 is 2.57 bits per heavy atom. The van der Waals surface area contributed by atoms with Crippen LogP contribution in [0.2, 0.25) is 0 Å². The van der Waals surface area contributed by atoms with Crippen LogP contribution in [0.1, 0.15) is 20.8 Å². The summed E-state index contributed by atoms with van der Waals surface area (Å²) in [5.74, 6) is 0.436. The number of nitrogens with zero attached hydrogens (tertiary/aromatic N) is 3. The SMILES string of the molecule is COc1cc(C(=O)NCC(=O)c2ccc(OC)c(-c3ccn4ccnc4c3)n2)ccc1OCCO. The van der Waals surface area contributed by atoms with Gasteiger partial charge >= 0.3 is 0 Å². The second-order valence-corrected chi connectivity index (χ2v) is 7.40. The molecule has 0 saturated carbocycles. The van der Waals surface area contributed by atoms with Crippen LogP contribution >= 0.6 is 0 Å². The number of hydrogen-bond acceptors (Lipinski definition) is 8. The zero-order chi connectivity index (χ0) is 24.8. The minimum Gasteiger partial charge on any atom is -0.494 e. The molecule has 10 nitrogen and oxygen atoms in total. The van der Waals surface area contributed by atoms with Crippen LogP contribution in [0.4, 0.5) is 0 Å². The number of pyridine rings is 2. The molecule has 1 aromatic carbocycles. The molecule has 3 aromatic heterocycles. The fraction of sp³-hybridized carbons (Fsp3) is 0.200. The fourth-order valence-electron chi connectivity index (χ4n) is 3.47. The Balaban J connectivity index is 1.49. The molecule has 10 heteroatoms. The lowest BCUT2D eigenvalue weighted by atomic mass is 10.1. The third-order valence-corrected chi connectivity index (χ3v) is 5.22. The molecule has 35 heavy (non-hydrogen) atoms. The molecule has 0 bridgehead atoms. The number of fused-ring (bicyclic) bond motifs is 1. The van der Waals surface area contributed by atoms with Gasteiger partial charge in [0.2, 0.25) is 0 Å². The molecule has 0 atom stereocenters. The van der Waals surface area contributed by atoms with Crippen molar-refractivity contribution >= 4 is 17.3 Å². The Morgan fingerprint density at radius 2 is 1.80 bits per heavy atom. The number of benzene rings is 1. The van der Waals surface area contributed by atoms with Gasteiger partial charge in [-0.25, -0.2) is 9.97 Å². The summed E-state index contributed by atoms with van der Waals surface area (Å²) in [6, 6.07) is 11.6. The maximum absolute atomic E-state index is 12.8. The molecule has 180 valence electrons. The quantitative estimate of drug-likeness (QED) is 0.335. The summed E-state index contributed by atoms with van der Waals surface area (Å²) in [6.45, 7) is -0.294. The van der Waals surface area contributed by atoms with Crippen LogP contribution in [-0.4, -0.2) is 65.1 Å². The smallest absolute Gasteiger partial charge is 0.251 e. The van der Waals surface area contributed by atoms with E-state index in [4.69, 9.17) is 19.3 Å². The molecule has 4 aromatic rings. The molecule has 0 saturated heterocycles. The largest absolute Gasteiger partial charge is 0.494 e. The molecule has 0 spiro atoms. The summed E-state index contributed by atoms with van der Waals surface area (Å²) in [4.78, 5) is 34.2. The first-order valence-corrected chi connectivity index (χ1v) is 10.7. The summed E-state index contributed by atoms with van der Waals surface area (Å²) in [5.41, 5.74) is 2.46. The predicted octanol–water partition coefficient (Wildman–Crippen LogP) is 2.40. The number of aliphatic hydroxyl groups excluding tert-OH is 1. The number of carbonyl (C=O) groups is 2. The van der Waals surface area contributed by atoms with Gasteiger partial charge in [0.1, 0.15) is 29.4 Å². The average Bonchev–Trinajstić information content (AvgIpc) is 3.37. The van der Waals surface area contributed by atoms with E-state index in [0.717, 1.165) is 11.2 Å². The maximum atomic E-state index is 12.8. The van der Waals surface area contributed by atoms with Crippen molar-refractivity contribution in [3.05, 3.63) is 72.3 Å². The Morgan fingerprint density at radius 1 is 1.00 bits per heavy atom. The van der Waals surface area contributed by atoms with Crippen molar-refractivity contribution in [2.45, 2.75) is 0 Å². The summed E-state index contributed by atoms with van der Waals surface area (Å²) in [5, 5.41) is 11.5. The van der Waals surface area contributed by atoms with Crippen molar-refractivity contribution in [3.63, 3.8) is 0 Å². The van der Waals surface area contributed by atoms with E-state index in [2.05, 4.69) is 15.3 Å². The molecule has 0 aliphatic carbocycles. The number of rotatable bonds is 10. The summed E-state index contributed by atoms with van der Waals surface area (Å²) in [7, 11) is 2.98. The van der Waals surface area contributed by atoms with E-state index in [-0.39, 0.29) is 31.2 Å². The average molecular weight is 476 g/mol. The van der Waals surface area contributed by atoms with Gasteiger partial charge in [0.05, 0.1) is 27.4 Å². The molecule has 0 aliphatic rings. The molecule has 2 N–H and O–H groups in total. The van der Waals surface area contributed by atoms with E-state index < -0.39 is 5.91 Å². The van der Waals surface area contributed by atoms with Crippen LogP contribution in [0.25, 0.3) is 16.9 Å². The summed E-state index contributed by atoms with van der Waals surface area (Å²) < 4.78 is 17.9. The number of nitrogens with one attached hydrogen (secondary N) is 1. The number of Topliss-reactive ketones (excluding diaryl/α,β-unsaturated/α-hetero) is 1. The molecule has 0 radical (unpaired) electrons. The van der Waals surface area contributed by atoms with E-state index in [9.17, 15) is 9.59 Å². The van der Waals surface area contributed by atoms with Crippen molar-refractivity contribution in [1.82, 2.24) is 19.7 Å². The Kier molecular flexibility index (Phi) is 7.22. The molecular formula is C25H24N4O6. The number of ether oxygens (including phenoxy) is 3. The minimum atomic E-state index is -0.455. The lowest BCUT2D eigenvalue weighted by Crippen LogP contribution is -2.30. The Bertz CT molecular complexity index is 1370. The molecule has 1 amide bonds. The van der Waals surface area contributed by atoms with Crippen LogP contribution in [0.5, 0.6) is 17.2 Å². The zero-order valence-corrected chi connectivity index (χ0v) is 19.2. The number of carbonyl (C=O) groups excluding carboxylic acids is 2. The van der Waals surface area contributed by atoms with Gasteiger partial charge in [0, 0.05) is 29.7 Å². The van der Waals surface area contributed by atoms with E-state index >= 15 is 0 Å². The number of ketones is 1. The van der Waals surface area contributed by atoms with Crippen LogP contribution < -0.4 is 19.5 Å². The first-order chi connectivity index (χ1) is 17.0. The topological polar surface area (TPSA) is 124 Å². The van der Waals surface area contributed by atoms with E-state index in [1.807, 2.05) is 28.9 Å². The van der Waals surface area contributed by atoms with Crippen molar-refractivity contribution < 1.29 is 28.9 Å². The molecule has 0 aliphatic heterocycles. The first-order valence-electron chi connectivity index (χ1n) is 10.7. The summed E-state index contributed by atoms with van der Waals surface area (Å²) in [6.07, 6.45) is 5.37. The second-order valence-electron chi connectivity index (χ2n) is 7.40. The van der Waals surface area contributed by atoms with Gasteiger partial charge < -0.3 is 29.0 Å². The monoisotopic (exact) mass is 476 g/mol. The third-order valence-electron chi connectivity index (χ3n) is 5.22. The van der Waals surface area contributed by atoms with Crippen LogP contribution in [-0.2, 0) is 0 Å². The van der Waals surface area contributed by atoms with Gasteiger partial charge in [-0.15, -0.1) is 0 Å². The standard InChI is InChI=1S/C25H24N4O6/c1-33-21-6-4-18(28-24(21)16-7-9-29-10-8-26-23(29)14-16)19(31)15-27-25(32)17-3-5-20(35-12-11-30)22(13-17)34-2/h3-10,13-14,30H,11-12,15H2,1-2H3,(H,27,32). The molecule has 4 rings (SSSR count). The van der Waals surface area contributed by atoms with Crippen molar-refractivity contribution in [1.29, 1.82) is 0 Å². The number of aliphatic hydroxyl groups is 1. The highest BCUT2D eigenvalue weighted by Gasteiger charge is 2.17. The third kappa shape index (κ3) is 5.22. The van der Waals surface area contributed by atoms with Gasteiger partial charge in [0.25, 0.3) is 5.91 Å². The summed E-state index contributed by atoms with van der Waals surface area (Å²) >= 11 is 0. The van der Waals surface area contributed by atoms with Gasteiger partial charge in [-0.05, 0) is 42.5 Å². The molecule has 0 unspecified atom stereocenters. The van der Waals surface area contributed by atoms with Crippen molar-refractivity contribution in [3.8, 4) is 28.5 Å². The van der Waals surface area contributed by atoms with Gasteiger partial charge in [-0.3, -0.25) is 9.59 Å². The predicted molar refractivity (Wildman–Crippen MR) is 127 cm³/mol. The number of imidazole rings is 1. The van der Waals surface area contributed by atoms with E-state index in [1.165, 1.54) is 20.3 Å². The van der Waals surface area contributed by atoms with Crippen molar-refractivity contribution in [2.24, 2.45) is 0 Å². The van der Waals surface area contributed by atoms with Gasteiger partial charge in [0.15, 0.2) is 17.3 Å². The van der Waals surface area contributed by atoms with Gasteiger partial charge in [-0.2, -0.15) is 0 Å². The minimum absolute atomic E-state index is 0.100. The number of amides is 1. The second kappa shape index (κ2) is 10.7. The zero-order valence-electron chi connectivity index (χ0n) is 19.2. The first kappa shape index (κ1) is 23.7. The lowest BCUT2D eigenvalue weighted by molar-refractivity contribution is 0.0902. The maximum Gasteiger partial charge on any atom is 0.251 e. The number of methoxy groups -OCH3 is 2. The Hall–Kier alpha value is -4.44. The van der Waals surface area contributed by atoms with Crippen LogP contribution in [0.3, 0.4) is 0 Å². The highest BCUT2D eigenvalue weighted by atomic mass is 16.5. The molecule has 3 heterocycles. The fourth-order valence-corrected chi connectivity index (χ4v) is 3.47. The van der Waals surface area contributed by atoms with Crippen LogP contribution in [0, 0.1) is 0 Å². The Labute approximate surface area is 201 Å².